The summed E-state index contributed by atoms with van der Waals surface area (Å²) in [7, 11) is 0. The van der Waals surface area contributed by atoms with E-state index in [2.05, 4.69) is 19.2 Å². The number of aliphatic hydroxyl groups excluding tert-OH is 2. The summed E-state index contributed by atoms with van der Waals surface area (Å²) in [6.07, 6.45) is 50.7. The van der Waals surface area contributed by atoms with E-state index in [0.29, 0.717) is 19.4 Å². The summed E-state index contributed by atoms with van der Waals surface area (Å²) in [6.45, 7) is 4.83. The summed E-state index contributed by atoms with van der Waals surface area (Å²) in [5.74, 6) is -0.109. The third-order valence-corrected chi connectivity index (χ3v) is 11.3. The second-order valence-electron chi connectivity index (χ2n) is 16.8. The molecule has 0 bridgehead atoms. The minimum Gasteiger partial charge on any atom is -0.466 e. The largest absolute Gasteiger partial charge is 0.466 e. The molecule has 2 atom stereocenters. The summed E-state index contributed by atoms with van der Waals surface area (Å²) >= 11 is 0. The van der Waals surface area contributed by atoms with Gasteiger partial charge in [-0.05, 0) is 32.1 Å². The van der Waals surface area contributed by atoms with E-state index in [1.165, 1.54) is 180 Å². The van der Waals surface area contributed by atoms with Crippen LogP contribution in [0.1, 0.15) is 264 Å². The quantitative estimate of drug-likeness (QED) is 0.0325. The van der Waals surface area contributed by atoms with E-state index < -0.39 is 12.1 Å². The van der Waals surface area contributed by atoms with E-state index in [1.807, 2.05) is 6.08 Å². The molecule has 0 heterocycles. The van der Waals surface area contributed by atoms with Crippen molar-refractivity contribution in [1.82, 2.24) is 5.32 Å². The van der Waals surface area contributed by atoms with Crippen LogP contribution in [0.15, 0.2) is 12.2 Å². The Morgan fingerprint density at radius 3 is 1.24 bits per heavy atom. The number of allylic oxidation sites excluding steroid dienone is 1. The second-order valence-corrected chi connectivity index (χ2v) is 16.8. The van der Waals surface area contributed by atoms with Crippen molar-refractivity contribution in [2.24, 2.45) is 0 Å². The Bertz CT molecular complexity index is 817. The molecule has 0 aromatic heterocycles. The lowest BCUT2D eigenvalue weighted by Gasteiger charge is -2.20. The Kier molecular flexibility index (Phi) is 44.2. The van der Waals surface area contributed by atoms with Crippen LogP contribution < -0.4 is 5.32 Å². The molecule has 0 saturated carbocycles. The first-order valence-corrected chi connectivity index (χ1v) is 24.5. The lowest BCUT2D eigenvalue weighted by Crippen LogP contribution is -2.45. The summed E-state index contributed by atoms with van der Waals surface area (Å²) in [5, 5.41) is 22.9. The fraction of sp³-hybridized carbons (Fsp3) is 0.918. The third kappa shape index (κ3) is 42.0. The van der Waals surface area contributed by atoms with Crippen molar-refractivity contribution in [2.45, 2.75) is 276 Å². The molecule has 55 heavy (non-hydrogen) atoms. The van der Waals surface area contributed by atoms with Crippen molar-refractivity contribution in [3.05, 3.63) is 12.2 Å². The Hall–Kier alpha value is -1.40. The third-order valence-electron chi connectivity index (χ3n) is 11.3. The number of carbonyl (C=O) groups excluding carboxylic acids is 2. The molecule has 2 unspecified atom stereocenters. The first-order chi connectivity index (χ1) is 27.0. The molecule has 0 aliphatic heterocycles. The van der Waals surface area contributed by atoms with Crippen molar-refractivity contribution >= 4 is 11.9 Å². The van der Waals surface area contributed by atoms with Gasteiger partial charge in [0.2, 0.25) is 5.91 Å². The Labute approximate surface area is 342 Å². The maximum atomic E-state index is 12.3. The SMILES string of the molecule is CCCCCCCCC/C=C/C(O)C(CO)NC(=O)CCCCCCCCCCCCOC(=O)CCCCCCCCCCCCCCCCCCCCC. The summed E-state index contributed by atoms with van der Waals surface area (Å²) in [6, 6.07) is -0.641. The normalized spacial score (nSPS) is 12.7. The van der Waals surface area contributed by atoms with Gasteiger partial charge in [0.15, 0.2) is 0 Å². The monoisotopic (exact) mass is 778 g/mol. The number of hydrogen-bond acceptors (Lipinski definition) is 5. The van der Waals surface area contributed by atoms with Crippen molar-refractivity contribution in [2.75, 3.05) is 13.2 Å². The van der Waals surface area contributed by atoms with Gasteiger partial charge < -0.3 is 20.3 Å². The molecule has 0 saturated heterocycles. The van der Waals surface area contributed by atoms with Crippen LogP contribution in [0.25, 0.3) is 0 Å². The molecule has 1 amide bonds. The zero-order valence-electron chi connectivity index (χ0n) is 36.9. The van der Waals surface area contributed by atoms with E-state index in [9.17, 15) is 19.8 Å². The molecule has 6 heteroatoms. The van der Waals surface area contributed by atoms with Crippen molar-refractivity contribution < 1.29 is 24.5 Å². The summed E-state index contributed by atoms with van der Waals surface area (Å²) in [5.41, 5.74) is 0. The van der Waals surface area contributed by atoms with Crippen molar-refractivity contribution in [1.29, 1.82) is 0 Å². The molecule has 0 radical (unpaired) electrons. The van der Waals surface area contributed by atoms with Crippen LogP contribution in [-0.2, 0) is 14.3 Å². The molecule has 0 aliphatic carbocycles. The maximum Gasteiger partial charge on any atom is 0.305 e. The molecule has 0 aromatic rings. The van der Waals surface area contributed by atoms with Gasteiger partial charge in [0, 0.05) is 12.8 Å². The van der Waals surface area contributed by atoms with E-state index in [4.69, 9.17) is 4.74 Å². The van der Waals surface area contributed by atoms with Gasteiger partial charge >= 0.3 is 5.97 Å². The highest BCUT2D eigenvalue weighted by molar-refractivity contribution is 5.76. The fourth-order valence-corrected chi connectivity index (χ4v) is 7.51. The number of hydrogen-bond donors (Lipinski definition) is 3. The lowest BCUT2D eigenvalue weighted by molar-refractivity contribution is -0.143. The van der Waals surface area contributed by atoms with Gasteiger partial charge in [0.25, 0.3) is 0 Å². The fourth-order valence-electron chi connectivity index (χ4n) is 7.51. The molecule has 326 valence electrons. The molecule has 3 N–H and O–H groups in total. The zero-order valence-corrected chi connectivity index (χ0v) is 36.9. The van der Waals surface area contributed by atoms with Crippen molar-refractivity contribution in [3.8, 4) is 0 Å². The summed E-state index contributed by atoms with van der Waals surface area (Å²) in [4.78, 5) is 24.4. The molecule has 0 spiro atoms. The minimum absolute atomic E-state index is 0.0169. The van der Waals surface area contributed by atoms with Gasteiger partial charge in [-0.25, -0.2) is 0 Å². The smallest absolute Gasteiger partial charge is 0.305 e. The van der Waals surface area contributed by atoms with Gasteiger partial charge in [-0.3, -0.25) is 9.59 Å². The van der Waals surface area contributed by atoms with Crippen LogP contribution in [0.4, 0.5) is 0 Å². The number of amides is 1. The highest BCUT2D eigenvalue weighted by Gasteiger charge is 2.18. The number of esters is 1. The van der Waals surface area contributed by atoms with Gasteiger partial charge in [0.05, 0.1) is 25.4 Å². The van der Waals surface area contributed by atoms with Crippen LogP contribution in [0.2, 0.25) is 0 Å². The van der Waals surface area contributed by atoms with Gasteiger partial charge in [0.1, 0.15) is 0 Å². The average molecular weight is 778 g/mol. The molecular formula is C49H95NO5. The van der Waals surface area contributed by atoms with Crippen LogP contribution in [0.5, 0.6) is 0 Å². The van der Waals surface area contributed by atoms with E-state index in [0.717, 1.165) is 57.8 Å². The maximum absolute atomic E-state index is 12.3. The van der Waals surface area contributed by atoms with Gasteiger partial charge in [-0.2, -0.15) is 0 Å². The number of carbonyl (C=O) groups is 2. The van der Waals surface area contributed by atoms with E-state index >= 15 is 0 Å². The zero-order chi connectivity index (χ0) is 40.1. The van der Waals surface area contributed by atoms with Crippen LogP contribution in [0, 0.1) is 0 Å². The second kappa shape index (κ2) is 45.3. The number of unbranched alkanes of at least 4 members (excludes halogenated alkanes) is 34. The van der Waals surface area contributed by atoms with E-state index in [1.54, 1.807) is 6.08 Å². The highest BCUT2D eigenvalue weighted by atomic mass is 16.5. The van der Waals surface area contributed by atoms with E-state index in [-0.39, 0.29) is 18.5 Å². The topological polar surface area (TPSA) is 95.9 Å². The Morgan fingerprint density at radius 2 is 0.836 bits per heavy atom. The van der Waals surface area contributed by atoms with Crippen LogP contribution >= 0.6 is 0 Å². The number of nitrogens with one attached hydrogen (secondary N) is 1. The number of aliphatic hydroxyl groups is 2. The van der Waals surface area contributed by atoms with Crippen LogP contribution in [0.3, 0.4) is 0 Å². The molecule has 6 nitrogen and oxygen atoms in total. The first-order valence-electron chi connectivity index (χ1n) is 24.5. The Morgan fingerprint density at radius 1 is 0.491 bits per heavy atom. The predicted molar refractivity (Wildman–Crippen MR) is 237 cm³/mol. The summed E-state index contributed by atoms with van der Waals surface area (Å²) < 4.78 is 5.46. The number of ether oxygens (including phenoxy) is 1. The predicted octanol–water partition coefficient (Wildman–Crippen LogP) is 14.2. The molecular weight excluding hydrogens is 683 g/mol. The molecule has 0 aromatic carbocycles. The molecule has 0 fully saturated rings. The van der Waals surface area contributed by atoms with Gasteiger partial charge in [-0.15, -0.1) is 0 Å². The first kappa shape index (κ1) is 53.6. The lowest BCUT2D eigenvalue weighted by atomic mass is 10.0. The Balaban J connectivity index is 3.43. The standard InChI is InChI=1S/C49H95NO5/c1-3-5-7-9-11-13-14-15-16-17-18-19-20-21-22-27-31-35-39-43-49(54)55-44-40-36-32-28-24-23-26-30-34-38-42-48(53)50-46(45-51)47(52)41-37-33-29-25-12-10-8-6-4-2/h37,41,46-47,51-52H,3-36,38-40,42-45H2,1-2H3,(H,50,53)/b41-37+. The number of rotatable bonds is 45. The molecule has 0 aliphatic rings. The molecule has 0 rings (SSSR count). The highest BCUT2D eigenvalue weighted by Crippen LogP contribution is 2.16. The van der Waals surface area contributed by atoms with Gasteiger partial charge in [-0.1, -0.05) is 231 Å². The minimum atomic E-state index is -0.855. The average Bonchev–Trinajstić information content (AvgIpc) is 3.18. The van der Waals surface area contributed by atoms with Crippen molar-refractivity contribution in [3.63, 3.8) is 0 Å². The van der Waals surface area contributed by atoms with Crippen LogP contribution in [-0.4, -0.2) is 47.4 Å².